The summed E-state index contributed by atoms with van der Waals surface area (Å²) in [7, 11) is 1.62. The molecule has 0 saturated carbocycles. The predicted molar refractivity (Wildman–Crippen MR) is 96.1 cm³/mol. The molecule has 5 nitrogen and oxygen atoms in total. The number of rotatable bonds is 7. The Kier molecular flexibility index (Phi) is 6.49. The number of para-hydroxylation sites is 1. The van der Waals surface area contributed by atoms with Crippen molar-refractivity contribution < 1.29 is 14.3 Å². The third-order valence-electron chi connectivity index (χ3n) is 3.69. The molecule has 0 aliphatic heterocycles. The van der Waals surface area contributed by atoms with Gasteiger partial charge >= 0.3 is 6.03 Å². The largest absolute Gasteiger partial charge is 0.497 e. The summed E-state index contributed by atoms with van der Waals surface area (Å²) in [6, 6.07) is 13.1. The Bertz CT molecular complexity index is 669. The van der Waals surface area contributed by atoms with Gasteiger partial charge in [-0.05, 0) is 48.7 Å². The van der Waals surface area contributed by atoms with E-state index >= 15 is 0 Å². The Morgan fingerprint density at radius 3 is 2.46 bits per heavy atom. The average molecular weight is 328 g/mol. The van der Waals surface area contributed by atoms with E-state index in [4.69, 9.17) is 9.47 Å². The van der Waals surface area contributed by atoms with Crippen molar-refractivity contribution in [1.29, 1.82) is 0 Å². The van der Waals surface area contributed by atoms with Gasteiger partial charge in [-0.25, -0.2) is 4.79 Å². The van der Waals surface area contributed by atoms with Crippen molar-refractivity contribution in [2.24, 2.45) is 0 Å². The van der Waals surface area contributed by atoms with Crippen LogP contribution in [0.1, 0.15) is 18.1 Å². The van der Waals surface area contributed by atoms with Gasteiger partial charge in [0.25, 0.3) is 0 Å². The van der Waals surface area contributed by atoms with E-state index in [0.717, 1.165) is 34.7 Å². The molecule has 5 heteroatoms. The molecule has 0 aromatic heterocycles. The summed E-state index contributed by atoms with van der Waals surface area (Å²) in [5.74, 6) is 1.52. The number of urea groups is 1. The second-order valence-electron chi connectivity index (χ2n) is 5.37. The summed E-state index contributed by atoms with van der Waals surface area (Å²) in [6.45, 7) is 4.88. The minimum atomic E-state index is -0.225. The van der Waals surface area contributed by atoms with Crippen molar-refractivity contribution in [3.8, 4) is 11.5 Å². The van der Waals surface area contributed by atoms with Gasteiger partial charge in [0.1, 0.15) is 18.1 Å². The number of methoxy groups -OCH3 is 1. The van der Waals surface area contributed by atoms with Crippen molar-refractivity contribution in [2.75, 3.05) is 25.6 Å². The molecule has 2 rings (SSSR count). The third kappa shape index (κ3) is 4.91. The van der Waals surface area contributed by atoms with Gasteiger partial charge < -0.3 is 20.1 Å². The number of hydrogen-bond acceptors (Lipinski definition) is 3. The van der Waals surface area contributed by atoms with Gasteiger partial charge in [-0.1, -0.05) is 25.1 Å². The Morgan fingerprint density at radius 1 is 1.08 bits per heavy atom. The zero-order valence-electron chi connectivity index (χ0n) is 14.4. The number of benzene rings is 2. The zero-order chi connectivity index (χ0) is 17.4. The number of ether oxygens (including phenoxy) is 2. The molecule has 0 spiro atoms. The summed E-state index contributed by atoms with van der Waals surface area (Å²) in [5, 5.41) is 5.72. The van der Waals surface area contributed by atoms with Gasteiger partial charge in [0.15, 0.2) is 0 Å². The molecule has 0 aliphatic carbocycles. The lowest BCUT2D eigenvalue weighted by atomic mass is 10.1. The normalized spacial score (nSPS) is 10.1. The number of anilines is 1. The van der Waals surface area contributed by atoms with Crippen molar-refractivity contribution in [3.05, 3.63) is 53.6 Å². The Morgan fingerprint density at radius 2 is 1.79 bits per heavy atom. The van der Waals surface area contributed by atoms with Crippen LogP contribution in [0.3, 0.4) is 0 Å². The van der Waals surface area contributed by atoms with E-state index in [0.29, 0.717) is 13.2 Å². The van der Waals surface area contributed by atoms with Gasteiger partial charge in [-0.2, -0.15) is 0 Å². The van der Waals surface area contributed by atoms with Gasteiger partial charge in [0, 0.05) is 5.69 Å². The SMILES string of the molecule is CCc1cccc(C)c1NC(=O)NCCOc1ccc(OC)cc1. The highest BCUT2D eigenvalue weighted by Crippen LogP contribution is 2.20. The van der Waals surface area contributed by atoms with E-state index in [-0.39, 0.29) is 6.03 Å². The summed E-state index contributed by atoms with van der Waals surface area (Å²) < 4.78 is 10.7. The first-order valence-electron chi connectivity index (χ1n) is 8.04. The molecule has 128 valence electrons. The molecule has 0 fully saturated rings. The minimum Gasteiger partial charge on any atom is -0.497 e. The van der Waals surface area contributed by atoms with Crippen molar-refractivity contribution in [1.82, 2.24) is 5.32 Å². The topological polar surface area (TPSA) is 59.6 Å². The molecule has 0 unspecified atom stereocenters. The van der Waals surface area contributed by atoms with E-state index < -0.39 is 0 Å². The highest BCUT2D eigenvalue weighted by atomic mass is 16.5. The average Bonchev–Trinajstić information content (AvgIpc) is 2.61. The highest BCUT2D eigenvalue weighted by Gasteiger charge is 2.07. The maximum Gasteiger partial charge on any atom is 0.319 e. The molecule has 0 aliphatic rings. The predicted octanol–water partition coefficient (Wildman–Crippen LogP) is 3.77. The molecule has 24 heavy (non-hydrogen) atoms. The molecule has 2 N–H and O–H groups in total. The van der Waals surface area contributed by atoms with Crippen LogP contribution in [0.5, 0.6) is 11.5 Å². The molecule has 0 atom stereocenters. The Hall–Kier alpha value is -2.69. The number of carbonyl (C=O) groups excluding carboxylic acids is 1. The summed E-state index contributed by atoms with van der Waals surface area (Å²) in [6.07, 6.45) is 0.873. The van der Waals surface area contributed by atoms with Crippen LogP contribution >= 0.6 is 0 Å². The summed E-state index contributed by atoms with van der Waals surface area (Å²) >= 11 is 0. The van der Waals surface area contributed by atoms with Crippen LogP contribution in [-0.4, -0.2) is 26.3 Å². The van der Waals surface area contributed by atoms with E-state index in [9.17, 15) is 4.79 Å². The van der Waals surface area contributed by atoms with Crippen LogP contribution in [0, 0.1) is 6.92 Å². The maximum atomic E-state index is 12.0. The van der Waals surface area contributed by atoms with Gasteiger partial charge in [0.05, 0.1) is 13.7 Å². The fraction of sp³-hybridized carbons (Fsp3) is 0.316. The monoisotopic (exact) mass is 328 g/mol. The van der Waals surface area contributed by atoms with Crippen molar-refractivity contribution in [2.45, 2.75) is 20.3 Å². The second-order valence-corrected chi connectivity index (χ2v) is 5.37. The molecule has 2 aromatic carbocycles. The fourth-order valence-electron chi connectivity index (χ4n) is 2.37. The van der Waals surface area contributed by atoms with Gasteiger partial charge in [0.2, 0.25) is 0 Å². The van der Waals surface area contributed by atoms with E-state index in [1.54, 1.807) is 7.11 Å². The summed E-state index contributed by atoms with van der Waals surface area (Å²) in [4.78, 5) is 12.0. The highest BCUT2D eigenvalue weighted by molar-refractivity contribution is 5.91. The molecule has 0 radical (unpaired) electrons. The second kappa shape index (κ2) is 8.82. The smallest absolute Gasteiger partial charge is 0.319 e. The number of amides is 2. The number of carbonyl (C=O) groups is 1. The van der Waals surface area contributed by atoms with Gasteiger partial charge in [-0.15, -0.1) is 0 Å². The Balaban J connectivity index is 1.77. The van der Waals surface area contributed by atoms with E-state index in [1.807, 2.05) is 49.4 Å². The fourth-order valence-corrected chi connectivity index (χ4v) is 2.37. The lowest BCUT2D eigenvalue weighted by Crippen LogP contribution is -2.32. The van der Waals surface area contributed by atoms with Crippen LogP contribution in [-0.2, 0) is 6.42 Å². The Labute approximate surface area is 143 Å². The van der Waals surface area contributed by atoms with Gasteiger partial charge in [-0.3, -0.25) is 0 Å². The van der Waals surface area contributed by atoms with E-state index in [2.05, 4.69) is 17.6 Å². The molecule has 0 heterocycles. The third-order valence-corrected chi connectivity index (χ3v) is 3.69. The first kappa shape index (κ1) is 17.7. The van der Waals surface area contributed by atoms with Crippen LogP contribution in [0.4, 0.5) is 10.5 Å². The molecular formula is C19H24N2O3. The van der Waals surface area contributed by atoms with Crippen LogP contribution in [0.25, 0.3) is 0 Å². The molecule has 0 bridgehead atoms. The maximum absolute atomic E-state index is 12.0. The molecule has 2 aromatic rings. The molecule has 0 saturated heterocycles. The first-order chi connectivity index (χ1) is 11.6. The number of hydrogen-bond donors (Lipinski definition) is 2. The lowest BCUT2D eigenvalue weighted by molar-refractivity contribution is 0.247. The number of nitrogens with one attached hydrogen (secondary N) is 2. The molecule has 2 amide bonds. The standard InChI is InChI=1S/C19H24N2O3/c1-4-15-7-5-6-14(2)18(15)21-19(22)20-12-13-24-17-10-8-16(23-3)9-11-17/h5-11H,4,12-13H2,1-3H3,(H2,20,21,22). The van der Waals surface area contributed by atoms with Crippen LogP contribution in [0.15, 0.2) is 42.5 Å². The van der Waals surface area contributed by atoms with Crippen molar-refractivity contribution in [3.63, 3.8) is 0 Å². The number of aryl methyl sites for hydroxylation is 2. The minimum absolute atomic E-state index is 0.225. The first-order valence-corrected chi connectivity index (χ1v) is 8.04. The quantitative estimate of drug-likeness (QED) is 0.761. The van der Waals surface area contributed by atoms with Crippen molar-refractivity contribution >= 4 is 11.7 Å². The lowest BCUT2D eigenvalue weighted by Gasteiger charge is -2.14. The van der Waals surface area contributed by atoms with Crippen LogP contribution < -0.4 is 20.1 Å². The van der Waals surface area contributed by atoms with Crippen LogP contribution in [0.2, 0.25) is 0 Å². The van der Waals surface area contributed by atoms with E-state index in [1.165, 1.54) is 0 Å². The summed E-state index contributed by atoms with van der Waals surface area (Å²) in [5.41, 5.74) is 3.06. The molecular weight excluding hydrogens is 304 g/mol. The zero-order valence-corrected chi connectivity index (χ0v) is 14.4.